The van der Waals surface area contributed by atoms with Crippen molar-refractivity contribution in [3.8, 4) is 0 Å². The van der Waals surface area contributed by atoms with E-state index >= 15 is 0 Å². The van der Waals surface area contributed by atoms with E-state index in [1.165, 1.54) is 16.8 Å². The van der Waals surface area contributed by atoms with Crippen LogP contribution in [-0.4, -0.2) is 4.57 Å². The van der Waals surface area contributed by atoms with Crippen LogP contribution in [0.1, 0.15) is 35.7 Å². The van der Waals surface area contributed by atoms with Crippen molar-refractivity contribution in [1.29, 1.82) is 0 Å². The Hall–Kier alpha value is -1.83. The fourth-order valence-corrected chi connectivity index (χ4v) is 3.56. The van der Waals surface area contributed by atoms with E-state index in [1.807, 2.05) is 6.07 Å². The molecule has 0 saturated carbocycles. The van der Waals surface area contributed by atoms with Gasteiger partial charge in [0.15, 0.2) is 0 Å². The molecular weight excluding hydrogens is 225 g/mol. The SMILES string of the molecule is C[C@]12CC=Cc3ccn(c31)Cc1cc(F)ccc12. The molecule has 2 heteroatoms. The van der Waals surface area contributed by atoms with Crippen molar-refractivity contribution in [3.63, 3.8) is 0 Å². The molecule has 0 bridgehead atoms. The minimum atomic E-state index is -0.139. The lowest BCUT2D eigenvalue weighted by molar-refractivity contribution is 0.484. The van der Waals surface area contributed by atoms with Crippen molar-refractivity contribution in [2.24, 2.45) is 0 Å². The normalized spacial score (nSPS) is 23.7. The number of allylic oxidation sites excluding steroid dienone is 1. The predicted molar refractivity (Wildman–Crippen MR) is 70.0 cm³/mol. The number of nitrogens with zero attached hydrogens (tertiary/aromatic N) is 1. The molecule has 2 aromatic rings. The summed E-state index contributed by atoms with van der Waals surface area (Å²) < 4.78 is 15.7. The molecule has 1 atom stereocenters. The average molecular weight is 239 g/mol. The highest BCUT2D eigenvalue weighted by atomic mass is 19.1. The summed E-state index contributed by atoms with van der Waals surface area (Å²) >= 11 is 0. The second-order valence-electron chi connectivity index (χ2n) is 5.49. The van der Waals surface area contributed by atoms with Gasteiger partial charge in [-0.05, 0) is 48.2 Å². The summed E-state index contributed by atoms with van der Waals surface area (Å²) in [5.74, 6) is -0.139. The highest BCUT2D eigenvalue weighted by molar-refractivity contribution is 5.62. The van der Waals surface area contributed by atoms with Crippen molar-refractivity contribution < 1.29 is 4.39 Å². The molecule has 0 fully saturated rings. The minimum Gasteiger partial charge on any atom is -0.346 e. The first kappa shape index (κ1) is 10.1. The molecule has 0 spiro atoms. The number of benzene rings is 1. The number of hydrogen-bond donors (Lipinski definition) is 0. The zero-order valence-electron chi connectivity index (χ0n) is 10.3. The van der Waals surface area contributed by atoms with E-state index in [9.17, 15) is 4.39 Å². The second kappa shape index (κ2) is 3.14. The van der Waals surface area contributed by atoms with Crippen LogP contribution in [-0.2, 0) is 12.0 Å². The lowest BCUT2D eigenvalue weighted by Gasteiger charge is -2.39. The molecule has 1 aliphatic carbocycles. The van der Waals surface area contributed by atoms with E-state index in [0.29, 0.717) is 0 Å². The van der Waals surface area contributed by atoms with Crippen LogP contribution < -0.4 is 0 Å². The predicted octanol–water partition coefficient (Wildman–Crippen LogP) is 3.71. The lowest BCUT2D eigenvalue weighted by atomic mass is 9.69. The van der Waals surface area contributed by atoms with Crippen LogP contribution in [0.3, 0.4) is 0 Å². The third-order valence-corrected chi connectivity index (χ3v) is 4.34. The van der Waals surface area contributed by atoms with Gasteiger partial charge in [-0.2, -0.15) is 0 Å². The Balaban J connectivity index is 2.05. The average Bonchev–Trinajstić information content (AvgIpc) is 2.74. The quantitative estimate of drug-likeness (QED) is 0.660. The molecule has 0 N–H and O–H groups in total. The van der Waals surface area contributed by atoms with E-state index in [1.54, 1.807) is 12.1 Å². The van der Waals surface area contributed by atoms with Crippen LogP contribution >= 0.6 is 0 Å². The monoisotopic (exact) mass is 239 g/mol. The molecule has 18 heavy (non-hydrogen) atoms. The fraction of sp³-hybridized carbons (Fsp3) is 0.250. The maximum absolute atomic E-state index is 13.4. The summed E-state index contributed by atoms with van der Waals surface area (Å²) in [6.45, 7) is 3.05. The van der Waals surface area contributed by atoms with Gasteiger partial charge in [0.25, 0.3) is 0 Å². The first-order valence-electron chi connectivity index (χ1n) is 6.33. The summed E-state index contributed by atoms with van der Waals surface area (Å²) in [4.78, 5) is 0. The van der Waals surface area contributed by atoms with Crippen LogP contribution in [0.5, 0.6) is 0 Å². The van der Waals surface area contributed by atoms with E-state index in [2.05, 4.69) is 35.9 Å². The highest BCUT2D eigenvalue weighted by Crippen LogP contribution is 2.45. The van der Waals surface area contributed by atoms with E-state index in [0.717, 1.165) is 18.5 Å². The smallest absolute Gasteiger partial charge is 0.123 e. The summed E-state index contributed by atoms with van der Waals surface area (Å²) in [5.41, 5.74) is 5.07. The maximum Gasteiger partial charge on any atom is 0.123 e. The number of rotatable bonds is 0. The number of hydrogen-bond acceptors (Lipinski definition) is 0. The second-order valence-corrected chi connectivity index (χ2v) is 5.49. The number of fused-ring (bicyclic) bond motifs is 2. The maximum atomic E-state index is 13.4. The first-order chi connectivity index (χ1) is 8.68. The summed E-state index contributed by atoms with van der Waals surface area (Å²) in [5, 5.41) is 0. The molecule has 90 valence electrons. The Morgan fingerprint density at radius 3 is 3.06 bits per heavy atom. The van der Waals surface area contributed by atoms with Gasteiger partial charge < -0.3 is 4.57 Å². The van der Waals surface area contributed by atoms with Crippen molar-refractivity contribution in [2.45, 2.75) is 25.3 Å². The first-order valence-corrected chi connectivity index (χ1v) is 6.33. The van der Waals surface area contributed by atoms with Gasteiger partial charge in [0, 0.05) is 23.9 Å². The van der Waals surface area contributed by atoms with Crippen LogP contribution in [0.15, 0.2) is 36.5 Å². The highest BCUT2D eigenvalue weighted by Gasteiger charge is 2.39. The zero-order valence-corrected chi connectivity index (χ0v) is 10.3. The van der Waals surface area contributed by atoms with Gasteiger partial charge in [-0.25, -0.2) is 4.39 Å². The fourth-order valence-electron chi connectivity index (χ4n) is 3.56. The van der Waals surface area contributed by atoms with Gasteiger partial charge in [0.2, 0.25) is 0 Å². The van der Waals surface area contributed by atoms with Crippen LogP contribution in [0, 0.1) is 5.82 Å². The van der Waals surface area contributed by atoms with Gasteiger partial charge in [0.1, 0.15) is 5.82 Å². The Bertz CT molecular complexity index is 680. The van der Waals surface area contributed by atoms with Gasteiger partial charge >= 0.3 is 0 Å². The van der Waals surface area contributed by atoms with Crippen LogP contribution in [0.25, 0.3) is 6.08 Å². The van der Waals surface area contributed by atoms with E-state index < -0.39 is 0 Å². The third-order valence-electron chi connectivity index (χ3n) is 4.34. The number of aromatic nitrogens is 1. The minimum absolute atomic E-state index is 0.00509. The van der Waals surface area contributed by atoms with Gasteiger partial charge in [-0.1, -0.05) is 18.2 Å². The van der Waals surface area contributed by atoms with Crippen LogP contribution in [0.4, 0.5) is 4.39 Å². The molecule has 4 rings (SSSR count). The molecule has 1 aliphatic heterocycles. The summed E-state index contributed by atoms with van der Waals surface area (Å²) in [6.07, 6.45) is 7.53. The molecule has 0 saturated heterocycles. The Kier molecular flexibility index (Phi) is 1.76. The Labute approximate surface area is 106 Å². The Morgan fingerprint density at radius 1 is 1.28 bits per heavy atom. The largest absolute Gasteiger partial charge is 0.346 e. The standard InChI is InChI=1S/C16H14FN/c1-16-7-2-3-11-6-8-18(15(11)16)10-12-9-13(17)4-5-14(12)16/h2-6,8-9H,7,10H2,1H3/t16-/m1/s1. The lowest BCUT2D eigenvalue weighted by Crippen LogP contribution is -2.34. The summed E-state index contributed by atoms with van der Waals surface area (Å²) in [6, 6.07) is 7.39. The Morgan fingerprint density at radius 2 is 2.17 bits per heavy atom. The van der Waals surface area contributed by atoms with Crippen molar-refractivity contribution in [1.82, 2.24) is 4.57 Å². The van der Waals surface area contributed by atoms with Crippen molar-refractivity contribution in [3.05, 3.63) is 64.7 Å². The third kappa shape index (κ3) is 1.10. The molecule has 1 aromatic heterocycles. The van der Waals surface area contributed by atoms with Gasteiger partial charge in [0.05, 0.1) is 0 Å². The summed E-state index contributed by atoms with van der Waals surface area (Å²) in [7, 11) is 0. The van der Waals surface area contributed by atoms with Crippen LogP contribution in [0.2, 0.25) is 0 Å². The van der Waals surface area contributed by atoms with E-state index in [4.69, 9.17) is 0 Å². The molecule has 0 unspecified atom stereocenters. The zero-order chi connectivity index (χ0) is 12.3. The molecule has 1 aromatic carbocycles. The van der Waals surface area contributed by atoms with Gasteiger partial charge in [-0.15, -0.1) is 0 Å². The molecule has 2 heterocycles. The van der Waals surface area contributed by atoms with Gasteiger partial charge in [-0.3, -0.25) is 0 Å². The topological polar surface area (TPSA) is 4.93 Å². The molecule has 2 aliphatic rings. The number of halogens is 1. The van der Waals surface area contributed by atoms with E-state index in [-0.39, 0.29) is 11.2 Å². The van der Waals surface area contributed by atoms with Crippen molar-refractivity contribution >= 4 is 6.08 Å². The molecule has 0 radical (unpaired) electrons. The van der Waals surface area contributed by atoms with Crippen molar-refractivity contribution in [2.75, 3.05) is 0 Å². The molecular formula is C16H14FN. The molecule has 1 nitrogen and oxygen atoms in total. The molecule has 0 amide bonds.